The van der Waals surface area contributed by atoms with Crippen LogP contribution >= 0.6 is 0 Å². The summed E-state index contributed by atoms with van der Waals surface area (Å²) in [5.41, 5.74) is 3.57. The van der Waals surface area contributed by atoms with Crippen molar-refractivity contribution >= 4 is 0 Å². The van der Waals surface area contributed by atoms with Gasteiger partial charge in [0.2, 0.25) is 0 Å². The molecular formula is C21H24O5. The fourth-order valence-electron chi connectivity index (χ4n) is 3.24. The summed E-state index contributed by atoms with van der Waals surface area (Å²) in [6, 6.07) is 8.52. The van der Waals surface area contributed by atoms with Gasteiger partial charge in [-0.1, -0.05) is 17.7 Å². The minimum absolute atomic E-state index is 0.0161. The molecule has 5 heteroatoms. The SMILES string of the molecule is COc1ccc2c(c1CC=C(C)CO)O[C@H](c1ccc(O)cc1O)CC2. The van der Waals surface area contributed by atoms with Crippen molar-refractivity contribution in [1.29, 1.82) is 0 Å². The Bertz CT molecular complexity index is 825. The van der Waals surface area contributed by atoms with Crippen LogP contribution in [-0.4, -0.2) is 29.0 Å². The van der Waals surface area contributed by atoms with E-state index in [1.54, 1.807) is 19.2 Å². The Labute approximate surface area is 153 Å². The molecule has 0 aromatic heterocycles. The molecule has 0 amide bonds. The van der Waals surface area contributed by atoms with E-state index in [4.69, 9.17) is 9.47 Å². The lowest BCUT2D eigenvalue weighted by Gasteiger charge is -2.29. The lowest BCUT2D eigenvalue weighted by atomic mass is 9.93. The summed E-state index contributed by atoms with van der Waals surface area (Å²) in [6.07, 6.45) is 3.82. The number of phenolic OH excluding ortho intramolecular Hbond substituents is 2. The number of allylic oxidation sites excluding steroid dienone is 1. The van der Waals surface area contributed by atoms with E-state index in [2.05, 4.69) is 0 Å². The van der Waals surface area contributed by atoms with Gasteiger partial charge in [0.15, 0.2) is 0 Å². The van der Waals surface area contributed by atoms with E-state index in [-0.39, 0.29) is 24.2 Å². The van der Waals surface area contributed by atoms with Crippen LogP contribution in [0.4, 0.5) is 0 Å². The number of hydrogen-bond acceptors (Lipinski definition) is 5. The summed E-state index contributed by atoms with van der Waals surface area (Å²) in [5.74, 6) is 1.56. The van der Waals surface area contributed by atoms with Crippen LogP contribution in [0.5, 0.6) is 23.0 Å². The highest BCUT2D eigenvalue weighted by molar-refractivity contribution is 5.53. The third-order valence-corrected chi connectivity index (χ3v) is 4.72. The average Bonchev–Trinajstić information content (AvgIpc) is 2.65. The molecule has 138 valence electrons. The maximum Gasteiger partial charge on any atom is 0.130 e. The lowest BCUT2D eigenvalue weighted by molar-refractivity contribution is 0.170. The van der Waals surface area contributed by atoms with Crippen molar-refractivity contribution < 1.29 is 24.8 Å². The molecular weight excluding hydrogens is 332 g/mol. The normalized spacial score (nSPS) is 16.7. The summed E-state index contributed by atoms with van der Waals surface area (Å²) < 4.78 is 11.8. The highest BCUT2D eigenvalue weighted by Crippen LogP contribution is 2.43. The van der Waals surface area contributed by atoms with Crippen molar-refractivity contribution in [3.05, 3.63) is 58.7 Å². The molecule has 0 spiro atoms. The first-order valence-electron chi connectivity index (χ1n) is 8.67. The molecule has 0 unspecified atom stereocenters. The quantitative estimate of drug-likeness (QED) is 0.713. The predicted octanol–water partition coefficient (Wildman–Crippen LogP) is 3.65. The maximum atomic E-state index is 10.2. The van der Waals surface area contributed by atoms with Crippen LogP contribution in [0.2, 0.25) is 0 Å². The first kappa shape index (κ1) is 18.1. The molecule has 2 aromatic carbocycles. The number of aliphatic hydroxyl groups excluding tert-OH is 1. The van der Waals surface area contributed by atoms with Crippen molar-refractivity contribution in [2.24, 2.45) is 0 Å². The van der Waals surface area contributed by atoms with E-state index in [9.17, 15) is 15.3 Å². The van der Waals surface area contributed by atoms with E-state index in [1.165, 1.54) is 6.07 Å². The monoisotopic (exact) mass is 356 g/mol. The molecule has 26 heavy (non-hydrogen) atoms. The van der Waals surface area contributed by atoms with Crippen LogP contribution < -0.4 is 9.47 Å². The van der Waals surface area contributed by atoms with Crippen molar-refractivity contribution in [3.63, 3.8) is 0 Å². The molecule has 1 heterocycles. The van der Waals surface area contributed by atoms with Crippen molar-refractivity contribution in [2.75, 3.05) is 13.7 Å². The number of benzene rings is 2. The van der Waals surface area contributed by atoms with Gasteiger partial charge in [0.1, 0.15) is 29.1 Å². The van der Waals surface area contributed by atoms with Crippen LogP contribution in [0.3, 0.4) is 0 Å². The Morgan fingerprint density at radius 3 is 2.77 bits per heavy atom. The zero-order chi connectivity index (χ0) is 18.7. The molecule has 2 aromatic rings. The van der Waals surface area contributed by atoms with Gasteiger partial charge < -0.3 is 24.8 Å². The Balaban J connectivity index is 1.97. The molecule has 0 aliphatic carbocycles. The molecule has 0 radical (unpaired) electrons. The Morgan fingerprint density at radius 1 is 1.27 bits per heavy atom. The molecule has 1 aliphatic rings. The zero-order valence-corrected chi connectivity index (χ0v) is 15.0. The number of fused-ring (bicyclic) bond motifs is 1. The predicted molar refractivity (Wildman–Crippen MR) is 99.0 cm³/mol. The third-order valence-electron chi connectivity index (χ3n) is 4.72. The smallest absolute Gasteiger partial charge is 0.130 e. The highest BCUT2D eigenvalue weighted by atomic mass is 16.5. The minimum Gasteiger partial charge on any atom is -0.508 e. The third kappa shape index (κ3) is 3.63. The topological polar surface area (TPSA) is 79.2 Å². The lowest BCUT2D eigenvalue weighted by Crippen LogP contribution is -2.17. The summed E-state index contributed by atoms with van der Waals surface area (Å²) in [7, 11) is 1.62. The minimum atomic E-state index is -0.295. The first-order valence-corrected chi connectivity index (χ1v) is 8.67. The fraction of sp³-hybridized carbons (Fsp3) is 0.333. The number of aromatic hydroxyl groups is 2. The summed E-state index contributed by atoms with van der Waals surface area (Å²) >= 11 is 0. The number of hydrogen-bond donors (Lipinski definition) is 3. The van der Waals surface area contributed by atoms with Crippen molar-refractivity contribution in [1.82, 2.24) is 0 Å². The second-order valence-corrected chi connectivity index (χ2v) is 6.54. The van der Waals surface area contributed by atoms with Gasteiger partial charge in [0.25, 0.3) is 0 Å². The van der Waals surface area contributed by atoms with Gasteiger partial charge >= 0.3 is 0 Å². The van der Waals surface area contributed by atoms with Gasteiger partial charge in [-0.25, -0.2) is 0 Å². The van der Waals surface area contributed by atoms with Crippen LogP contribution in [-0.2, 0) is 12.8 Å². The Kier molecular flexibility index (Phi) is 5.38. The fourth-order valence-corrected chi connectivity index (χ4v) is 3.24. The van der Waals surface area contributed by atoms with E-state index >= 15 is 0 Å². The molecule has 0 fully saturated rings. The van der Waals surface area contributed by atoms with Gasteiger partial charge in [-0.2, -0.15) is 0 Å². The molecule has 3 N–H and O–H groups in total. The molecule has 0 saturated carbocycles. The highest BCUT2D eigenvalue weighted by Gasteiger charge is 2.27. The summed E-state index contributed by atoms with van der Waals surface area (Å²) in [4.78, 5) is 0. The maximum absolute atomic E-state index is 10.2. The Hall–Kier alpha value is -2.66. The number of rotatable bonds is 5. The largest absolute Gasteiger partial charge is 0.508 e. The van der Waals surface area contributed by atoms with Gasteiger partial charge in [0.05, 0.1) is 13.7 Å². The molecule has 1 atom stereocenters. The zero-order valence-electron chi connectivity index (χ0n) is 15.0. The van der Waals surface area contributed by atoms with Crippen LogP contribution in [0.15, 0.2) is 42.0 Å². The average molecular weight is 356 g/mol. The van der Waals surface area contributed by atoms with Crippen molar-refractivity contribution in [2.45, 2.75) is 32.3 Å². The number of methoxy groups -OCH3 is 1. The molecule has 5 nitrogen and oxygen atoms in total. The number of ether oxygens (including phenoxy) is 2. The molecule has 0 bridgehead atoms. The van der Waals surface area contributed by atoms with Gasteiger partial charge in [0, 0.05) is 17.2 Å². The molecule has 3 rings (SSSR count). The van der Waals surface area contributed by atoms with Crippen LogP contribution in [0.25, 0.3) is 0 Å². The number of phenols is 2. The van der Waals surface area contributed by atoms with E-state index in [0.717, 1.165) is 41.0 Å². The van der Waals surface area contributed by atoms with Crippen molar-refractivity contribution in [3.8, 4) is 23.0 Å². The molecule has 0 saturated heterocycles. The van der Waals surface area contributed by atoms with Crippen LogP contribution in [0.1, 0.15) is 36.1 Å². The number of aryl methyl sites for hydroxylation is 1. The first-order chi connectivity index (χ1) is 12.5. The van der Waals surface area contributed by atoms with Gasteiger partial charge in [-0.15, -0.1) is 0 Å². The van der Waals surface area contributed by atoms with E-state index in [0.29, 0.717) is 12.0 Å². The molecule has 1 aliphatic heterocycles. The standard InChI is InChI=1S/C21H24O5/c1-13(12-22)3-7-17-19(25-2)9-4-14-5-10-20(26-21(14)17)16-8-6-15(23)11-18(16)24/h3-4,6,8-9,11,20,22-24H,5,7,10,12H2,1-2H3/t20-/m0/s1. The second-order valence-electron chi connectivity index (χ2n) is 6.54. The van der Waals surface area contributed by atoms with Gasteiger partial charge in [-0.05, 0) is 49.9 Å². The number of aliphatic hydroxyl groups is 1. The van der Waals surface area contributed by atoms with Crippen LogP contribution in [0, 0.1) is 0 Å². The Morgan fingerprint density at radius 2 is 2.08 bits per heavy atom. The summed E-state index contributed by atoms with van der Waals surface area (Å²) in [5, 5.41) is 28.9. The van der Waals surface area contributed by atoms with E-state index in [1.807, 2.05) is 25.1 Å². The second kappa shape index (κ2) is 7.70. The van der Waals surface area contributed by atoms with E-state index < -0.39 is 0 Å². The summed E-state index contributed by atoms with van der Waals surface area (Å²) in [6.45, 7) is 1.89. The van der Waals surface area contributed by atoms with Gasteiger partial charge in [-0.3, -0.25) is 0 Å².